The molecule has 0 radical (unpaired) electrons. The monoisotopic (exact) mass is 318 g/mol. The summed E-state index contributed by atoms with van der Waals surface area (Å²) in [4.78, 5) is 12.1. The largest absolute Gasteiger partial charge is 0.497 e. The van der Waals surface area contributed by atoms with Crippen molar-refractivity contribution in [3.05, 3.63) is 58.6 Å². The smallest absolute Gasteiger partial charge is 0.271 e. The molecular formula is C16H15ClN2O3. The van der Waals surface area contributed by atoms with Crippen molar-refractivity contribution < 1.29 is 14.3 Å². The van der Waals surface area contributed by atoms with Gasteiger partial charge in [0, 0.05) is 16.7 Å². The van der Waals surface area contributed by atoms with E-state index in [-0.39, 0.29) is 5.91 Å². The lowest BCUT2D eigenvalue weighted by Gasteiger charge is -2.07. The molecule has 2 aromatic rings. The van der Waals surface area contributed by atoms with Gasteiger partial charge in [-0.15, -0.1) is 0 Å². The highest BCUT2D eigenvalue weighted by atomic mass is 35.5. The van der Waals surface area contributed by atoms with Gasteiger partial charge in [0.1, 0.15) is 11.5 Å². The summed E-state index contributed by atoms with van der Waals surface area (Å²) in [6.07, 6.45) is 1.52. The van der Waals surface area contributed by atoms with E-state index in [1.807, 2.05) is 6.07 Å². The Balaban J connectivity index is 2.09. The molecule has 0 aromatic heterocycles. The van der Waals surface area contributed by atoms with Crippen LogP contribution in [-0.2, 0) is 0 Å². The maximum Gasteiger partial charge on any atom is 0.271 e. The number of halogens is 1. The number of ether oxygens (including phenoxy) is 2. The van der Waals surface area contributed by atoms with Crippen molar-refractivity contribution in [3.63, 3.8) is 0 Å². The van der Waals surface area contributed by atoms with Gasteiger partial charge in [0.15, 0.2) is 0 Å². The normalized spacial score (nSPS) is 10.5. The van der Waals surface area contributed by atoms with Crippen molar-refractivity contribution in [1.82, 2.24) is 5.43 Å². The fourth-order valence-corrected chi connectivity index (χ4v) is 1.95. The van der Waals surface area contributed by atoms with Gasteiger partial charge in [-0.05, 0) is 29.8 Å². The number of nitrogens with zero attached hydrogens (tertiary/aromatic N) is 1. The van der Waals surface area contributed by atoms with Crippen LogP contribution in [0.2, 0.25) is 5.02 Å². The number of nitrogens with one attached hydrogen (secondary N) is 1. The molecule has 22 heavy (non-hydrogen) atoms. The van der Waals surface area contributed by atoms with Crippen LogP contribution in [-0.4, -0.2) is 26.3 Å². The molecule has 2 aromatic carbocycles. The Hall–Kier alpha value is -2.53. The first-order chi connectivity index (χ1) is 10.6. The highest BCUT2D eigenvalue weighted by Gasteiger charge is 2.08. The SMILES string of the molecule is COc1cc(OC)cc(C(=O)N/N=C/c2cccc(Cl)c2)c1. The Kier molecular flexibility index (Phi) is 5.38. The Morgan fingerprint density at radius 3 is 2.41 bits per heavy atom. The van der Waals surface area contributed by atoms with Crippen molar-refractivity contribution in [2.45, 2.75) is 0 Å². The van der Waals surface area contributed by atoms with Crippen molar-refractivity contribution in [2.24, 2.45) is 5.10 Å². The van der Waals surface area contributed by atoms with Crippen LogP contribution < -0.4 is 14.9 Å². The summed E-state index contributed by atoms with van der Waals surface area (Å²) in [6.45, 7) is 0. The molecule has 1 amide bonds. The minimum absolute atomic E-state index is 0.365. The first-order valence-electron chi connectivity index (χ1n) is 6.44. The lowest BCUT2D eigenvalue weighted by molar-refractivity contribution is 0.0954. The third-order valence-corrected chi connectivity index (χ3v) is 3.08. The maximum atomic E-state index is 12.1. The minimum Gasteiger partial charge on any atom is -0.497 e. The van der Waals surface area contributed by atoms with Crippen LogP contribution in [0.25, 0.3) is 0 Å². The Labute approximate surface area is 133 Å². The van der Waals surface area contributed by atoms with E-state index >= 15 is 0 Å². The van der Waals surface area contributed by atoms with Gasteiger partial charge in [-0.2, -0.15) is 5.10 Å². The average Bonchev–Trinajstić information content (AvgIpc) is 2.54. The van der Waals surface area contributed by atoms with Crippen molar-refractivity contribution in [2.75, 3.05) is 14.2 Å². The Bertz CT molecular complexity index is 679. The van der Waals surface area contributed by atoms with Gasteiger partial charge in [-0.1, -0.05) is 23.7 Å². The second-order valence-electron chi connectivity index (χ2n) is 4.36. The first kappa shape index (κ1) is 15.9. The second kappa shape index (κ2) is 7.47. The second-order valence-corrected chi connectivity index (χ2v) is 4.79. The molecule has 0 aliphatic heterocycles. The fourth-order valence-electron chi connectivity index (χ4n) is 1.76. The molecular weight excluding hydrogens is 304 g/mol. The standard InChI is InChI=1S/C16H15ClN2O3/c1-21-14-7-12(8-15(9-14)22-2)16(20)19-18-10-11-4-3-5-13(17)6-11/h3-10H,1-2H3,(H,19,20)/b18-10+. The quantitative estimate of drug-likeness (QED) is 0.680. The predicted octanol–water partition coefficient (Wildman–Crippen LogP) is 3.12. The van der Waals surface area contributed by atoms with Gasteiger partial charge in [0.05, 0.1) is 20.4 Å². The molecule has 0 unspecified atom stereocenters. The topological polar surface area (TPSA) is 59.9 Å². The number of carbonyl (C=O) groups is 1. The van der Waals surface area contributed by atoms with Crippen LogP contribution in [0.4, 0.5) is 0 Å². The molecule has 1 N–H and O–H groups in total. The summed E-state index contributed by atoms with van der Waals surface area (Å²) in [5.41, 5.74) is 3.62. The van der Waals surface area contributed by atoms with E-state index in [0.717, 1.165) is 5.56 Å². The average molecular weight is 319 g/mol. The maximum absolute atomic E-state index is 12.1. The third-order valence-electron chi connectivity index (χ3n) is 2.84. The Morgan fingerprint density at radius 2 is 1.82 bits per heavy atom. The highest BCUT2D eigenvalue weighted by molar-refractivity contribution is 6.30. The molecule has 0 bridgehead atoms. The van der Waals surface area contributed by atoms with E-state index in [9.17, 15) is 4.79 Å². The Morgan fingerprint density at radius 1 is 1.14 bits per heavy atom. The van der Waals surface area contributed by atoms with Crippen LogP contribution in [0.1, 0.15) is 15.9 Å². The summed E-state index contributed by atoms with van der Waals surface area (Å²) in [6, 6.07) is 12.0. The van der Waals surface area contributed by atoms with E-state index in [1.165, 1.54) is 20.4 Å². The molecule has 0 saturated carbocycles. The zero-order valence-corrected chi connectivity index (χ0v) is 12.9. The molecule has 0 aliphatic rings. The summed E-state index contributed by atoms with van der Waals surface area (Å²) in [5, 5.41) is 4.51. The fraction of sp³-hybridized carbons (Fsp3) is 0.125. The van der Waals surface area contributed by atoms with Crippen molar-refractivity contribution >= 4 is 23.7 Å². The summed E-state index contributed by atoms with van der Waals surface area (Å²) in [5.74, 6) is 0.696. The first-order valence-corrected chi connectivity index (χ1v) is 6.82. The molecule has 2 rings (SSSR count). The molecule has 5 nitrogen and oxygen atoms in total. The van der Waals surface area contributed by atoms with Crippen molar-refractivity contribution in [1.29, 1.82) is 0 Å². The number of hydrogen-bond acceptors (Lipinski definition) is 4. The number of benzene rings is 2. The molecule has 0 saturated heterocycles. The van der Waals surface area contributed by atoms with E-state index in [2.05, 4.69) is 10.5 Å². The molecule has 6 heteroatoms. The van der Waals surface area contributed by atoms with Gasteiger partial charge < -0.3 is 9.47 Å². The van der Waals surface area contributed by atoms with Crippen LogP contribution in [0, 0.1) is 0 Å². The molecule has 0 heterocycles. The number of carbonyl (C=O) groups excluding carboxylic acids is 1. The van der Waals surface area contributed by atoms with E-state index < -0.39 is 0 Å². The third kappa shape index (κ3) is 4.23. The molecule has 114 valence electrons. The lowest BCUT2D eigenvalue weighted by atomic mass is 10.2. The number of rotatable bonds is 5. The minimum atomic E-state index is -0.365. The van der Waals surface area contributed by atoms with E-state index in [1.54, 1.807) is 36.4 Å². The van der Waals surface area contributed by atoms with Gasteiger partial charge in [0.2, 0.25) is 0 Å². The van der Waals surface area contributed by atoms with Gasteiger partial charge in [0.25, 0.3) is 5.91 Å². The van der Waals surface area contributed by atoms with Gasteiger partial charge >= 0.3 is 0 Å². The summed E-state index contributed by atoms with van der Waals surface area (Å²) >= 11 is 5.87. The zero-order valence-electron chi connectivity index (χ0n) is 12.2. The molecule has 0 fully saturated rings. The predicted molar refractivity (Wildman–Crippen MR) is 86.1 cm³/mol. The summed E-state index contributed by atoms with van der Waals surface area (Å²) < 4.78 is 10.2. The van der Waals surface area contributed by atoms with Gasteiger partial charge in [-0.3, -0.25) is 4.79 Å². The van der Waals surface area contributed by atoms with Crippen LogP contribution >= 0.6 is 11.6 Å². The molecule has 0 spiro atoms. The van der Waals surface area contributed by atoms with E-state index in [4.69, 9.17) is 21.1 Å². The van der Waals surface area contributed by atoms with Crippen LogP contribution in [0.15, 0.2) is 47.6 Å². The summed E-state index contributed by atoms with van der Waals surface area (Å²) in [7, 11) is 3.04. The number of hydrogen-bond donors (Lipinski definition) is 1. The lowest BCUT2D eigenvalue weighted by Crippen LogP contribution is -2.17. The molecule has 0 atom stereocenters. The van der Waals surface area contributed by atoms with Crippen LogP contribution in [0.3, 0.4) is 0 Å². The number of amides is 1. The highest BCUT2D eigenvalue weighted by Crippen LogP contribution is 2.22. The van der Waals surface area contributed by atoms with Crippen molar-refractivity contribution in [3.8, 4) is 11.5 Å². The number of hydrazone groups is 1. The van der Waals surface area contributed by atoms with Crippen LogP contribution in [0.5, 0.6) is 11.5 Å². The van der Waals surface area contributed by atoms with E-state index in [0.29, 0.717) is 22.1 Å². The zero-order chi connectivity index (χ0) is 15.9. The van der Waals surface area contributed by atoms with Gasteiger partial charge in [-0.25, -0.2) is 5.43 Å². The molecule has 0 aliphatic carbocycles. The number of methoxy groups -OCH3 is 2.